The third-order valence-corrected chi connectivity index (χ3v) is 4.45. The lowest BCUT2D eigenvalue weighted by molar-refractivity contribution is -0.142. The fourth-order valence-electron chi connectivity index (χ4n) is 2.70. The van der Waals surface area contributed by atoms with Gasteiger partial charge in [-0.05, 0) is 25.8 Å². The number of amides is 1. The van der Waals surface area contributed by atoms with E-state index >= 15 is 0 Å². The molecule has 1 amide bonds. The second-order valence-corrected chi connectivity index (χ2v) is 6.36. The summed E-state index contributed by atoms with van der Waals surface area (Å²) in [4.78, 5) is 16.7. The largest absolute Gasteiger partial charge is 0.433 e. The fraction of sp³-hybridized carbons (Fsp3) is 0.375. The minimum atomic E-state index is -4.59. The lowest BCUT2D eigenvalue weighted by Crippen LogP contribution is -2.16. The summed E-state index contributed by atoms with van der Waals surface area (Å²) >= 11 is 0. The van der Waals surface area contributed by atoms with Gasteiger partial charge in [0.15, 0.2) is 11.3 Å². The minimum Gasteiger partial charge on any atom is -0.318 e. The molecular weight excluding hydrogens is 349 g/mol. The number of rotatable bonds is 3. The first-order valence-electron chi connectivity index (χ1n) is 8.02. The van der Waals surface area contributed by atoms with Crippen LogP contribution in [0, 0.1) is 6.92 Å². The molecule has 1 N–H and O–H groups in total. The molecule has 0 aromatic carbocycles. The number of hydrogen-bond donors (Lipinski definition) is 1. The van der Waals surface area contributed by atoms with Crippen molar-refractivity contribution in [1.29, 1.82) is 0 Å². The fourth-order valence-corrected chi connectivity index (χ4v) is 2.70. The van der Waals surface area contributed by atoms with Gasteiger partial charge >= 0.3 is 6.18 Å². The summed E-state index contributed by atoms with van der Waals surface area (Å²) in [6.45, 7) is 1.76. The van der Waals surface area contributed by atoms with Crippen LogP contribution in [-0.2, 0) is 13.2 Å². The average Bonchev–Trinajstić information content (AvgIpc) is 3.26. The van der Waals surface area contributed by atoms with Crippen molar-refractivity contribution in [1.82, 2.24) is 24.4 Å². The molecule has 0 spiro atoms. The zero-order valence-corrected chi connectivity index (χ0v) is 14.0. The molecule has 136 valence electrons. The van der Waals surface area contributed by atoms with Crippen LogP contribution >= 0.6 is 0 Å². The molecule has 0 saturated heterocycles. The molecule has 0 radical (unpaired) electrons. The molecule has 3 aromatic heterocycles. The van der Waals surface area contributed by atoms with Crippen LogP contribution in [0.25, 0.3) is 5.65 Å². The van der Waals surface area contributed by atoms with Gasteiger partial charge in [0, 0.05) is 24.7 Å². The van der Waals surface area contributed by atoms with Gasteiger partial charge in [-0.25, -0.2) is 9.50 Å². The third kappa shape index (κ3) is 2.80. The van der Waals surface area contributed by atoms with E-state index in [4.69, 9.17) is 0 Å². The maximum absolute atomic E-state index is 13.4. The molecule has 0 atom stereocenters. The van der Waals surface area contributed by atoms with Gasteiger partial charge in [-0.3, -0.25) is 9.48 Å². The van der Waals surface area contributed by atoms with Crippen molar-refractivity contribution < 1.29 is 18.0 Å². The van der Waals surface area contributed by atoms with Crippen LogP contribution in [0.5, 0.6) is 0 Å². The molecule has 7 nitrogen and oxygen atoms in total. The predicted molar refractivity (Wildman–Crippen MR) is 85.9 cm³/mol. The first kappa shape index (κ1) is 16.6. The number of carbonyl (C=O) groups is 1. The van der Waals surface area contributed by atoms with Crippen molar-refractivity contribution in [2.75, 3.05) is 5.32 Å². The van der Waals surface area contributed by atoms with Crippen LogP contribution in [0.4, 0.5) is 18.9 Å². The Morgan fingerprint density at radius 1 is 1.31 bits per heavy atom. The Morgan fingerprint density at radius 3 is 2.62 bits per heavy atom. The zero-order chi connectivity index (χ0) is 18.6. The number of fused-ring (bicyclic) bond motifs is 1. The summed E-state index contributed by atoms with van der Waals surface area (Å²) in [5, 5.41) is 10.4. The Bertz CT molecular complexity index is 1020. The molecule has 1 fully saturated rings. The van der Waals surface area contributed by atoms with E-state index in [9.17, 15) is 18.0 Å². The molecule has 1 saturated carbocycles. The molecule has 0 bridgehead atoms. The lowest BCUT2D eigenvalue weighted by atomic mass is 10.2. The zero-order valence-electron chi connectivity index (χ0n) is 14.0. The molecular formula is C16H15F3N6O. The number of aromatic nitrogens is 5. The van der Waals surface area contributed by atoms with Gasteiger partial charge in [-0.15, -0.1) is 0 Å². The summed E-state index contributed by atoms with van der Waals surface area (Å²) < 4.78 is 42.4. The average molecular weight is 364 g/mol. The number of hydrogen-bond acceptors (Lipinski definition) is 4. The molecule has 10 heteroatoms. The maximum Gasteiger partial charge on any atom is 0.433 e. The van der Waals surface area contributed by atoms with Crippen molar-refractivity contribution in [2.45, 2.75) is 31.9 Å². The molecule has 4 rings (SSSR count). The first-order chi connectivity index (χ1) is 12.2. The summed E-state index contributed by atoms with van der Waals surface area (Å²) in [5.74, 6) is -0.570. The van der Waals surface area contributed by atoms with Crippen LogP contribution in [0.1, 0.15) is 46.3 Å². The quantitative estimate of drug-likeness (QED) is 0.775. The molecule has 1 aliphatic carbocycles. The van der Waals surface area contributed by atoms with E-state index in [0.29, 0.717) is 21.6 Å². The van der Waals surface area contributed by atoms with E-state index in [-0.39, 0.29) is 17.3 Å². The number of aryl methyl sites for hydroxylation is 1. The molecule has 3 aromatic rings. The van der Waals surface area contributed by atoms with E-state index < -0.39 is 17.8 Å². The predicted octanol–water partition coefficient (Wildman–Crippen LogP) is 2.92. The van der Waals surface area contributed by atoms with Gasteiger partial charge in [0.1, 0.15) is 5.69 Å². The molecule has 0 unspecified atom stereocenters. The summed E-state index contributed by atoms with van der Waals surface area (Å²) in [6.07, 6.45) is -1.48. The van der Waals surface area contributed by atoms with Crippen LogP contribution in [0.3, 0.4) is 0 Å². The number of anilines is 1. The second kappa shape index (κ2) is 5.55. The Balaban J connectivity index is 1.74. The molecule has 26 heavy (non-hydrogen) atoms. The van der Waals surface area contributed by atoms with Crippen molar-refractivity contribution in [3.8, 4) is 0 Å². The summed E-state index contributed by atoms with van der Waals surface area (Å²) in [6, 6.07) is 2.28. The van der Waals surface area contributed by atoms with E-state index in [1.54, 1.807) is 18.7 Å². The number of nitrogens with zero attached hydrogens (tertiary/aromatic N) is 5. The highest BCUT2D eigenvalue weighted by atomic mass is 19.4. The number of carbonyl (C=O) groups excluding carboxylic acids is 1. The summed E-state index contributed by atoms with van der Waals surface area (Å²) in [5.41, 5.74) is 0.513. The van der Waals surface area contributed by atoms with Gasteiger partial charge in [0.05, 0.1) is 17.6 Å². The Morgan fingerprint density at radius 2 is 2.04 bits per heavy atom. The van der Waals surface area contributed by atoms with Crippen molar-refractivity contribution in [2.24, 2.45) is 7.05 Å². The van der Waals surface area contributed by atoms with Crippen LogP contribution in [-0.4, -0.2) is 30.3 Å². The number of halogens is 3. The molecule has 0 aliphatic heterocycles. The van der Waals surface area contributed by atoms with Gasteiger partial charge in [-0.1, -0.05) is 0 Å². The second-order valence-electron chi connectivity index (χ2n) is 6.36. The van der Waals surface area contributed by atoms with E-state index in [0.717, 1.165) is 18.9 Å². The minimum absolute atomic E-state index is 0.00906. The van der Waals surface area contributed by atoms with E-state index in [1.165, 1.54) is 12.3 Å². The van der Waals surface area contributed by atoms with Gasteiger partial charge in [0.2, 0.25) is 0 Å². The van der Waals surface area contributed by atoms with Gasteiger partial charge < -0.3 is 5.32 Å². The summed E-state index contributed by atoms with van der Waals surface area (Å²) in [7, 11) is 1.72. The standard InChI is InChI=1S/C16H15F3N6O/c1-8-12(7-20-24(8)2)22-15(26)11-6-14-21-10(9-3-4-9)5-13(16(17,18)19)25(14)23-11/h5-7,9H,3-4H2,1-2H3,(H,22,26). The van der Waals surface area contributed by atoms with Crippen LogP contribution < -0.4 is 5.32 Å². The normalized spacial score (nSPS) is 14.8. The number of nitrogens with one attached hydrogen (secondary N) is 1. The topological polar surface area (TPSA) is 77.1 Å². The first-order valence-corrected chi connectivity index (χ1v) is 8.02. The number of alkyl halides is 3. The SMILES string of the molecule is Cc1c(NC(=O)c2cc3nc(C4CC4)cc(C(F)(F)F)n3n2)cnn1C. The third-order valence-electron chi connectivity index (χ3n) is 4.45. The van der Waals surface area contributed by atoms with Crippen LogP contribution in [0.15, 0.2) is 18.3 Å². The van der Waals surface area contributed by atoms with Crippen LogP contribution in [0.2, 0.25) is 0 Å². The van der Waals surface area contributed by atoms with Crippen molar-refractivity contribution >= 4 is 17.2 Å². The monoisotopic (exact) mass is 364 g/mol. The highest BCUT2D eigenvalue weighted by Crippen LogP contribution is 2.41. The lowest BCUT2D eigenvalue weighted by Gasteiger charge is -2.10. The Hall–Kier alpha value is -2.91. The van der Waals surface area contributed by atoms with E-state index in [2.05, 4.69) is 20.5 Å². The smallest absolute Gasteiger partial charge is 0.318 e. The molecule has 3 heterocycles. The van der Waals surface area contributed by atoms with Crippen molar-refractivity contribution in [3.63, 3.8) is 0 Å². The Labute approximate surface area is 145 Å². The maximum atomic E-state index is 13.4. The highest BCUT2D eigenvalue weighted by molar-refractivity contribution is 6.03. The van der Waals surface area contributed by atoms with Gasteiger partial charge in [0.25, 0.3) is 5.91 Å². The van der Waals surface area contributed by atoms with Crippen molar-refractivity contribution in [3.05, 3.63) is 41.1 Å². The molecule has 1 aliphatic rings. The highest BCUT2D eigenvalue weighted by Gasteiger charge is 2.37. The van der Waals surface area contributed by atoms with E-state index in [1.807, 2.05) is 0 Å². The van der Waals surface area contributed by atoms with Gasteiger partial charge in [-0.2, -0.15) is 23.4 Å². The Kier molecular flexibility index (Phi) is 3.53.